The summed E-state index contributed by atoms with van der Waals surface area (Å²) in [5.74, 6) is 1.07. The van der Waals surface area contributed by atoms with E-state index in [1.165, 1.54) is 12.1 Å². The predicted molar refractivity (Wildman–Crippen MR) is 72.2 cm³/mol. The minimum absolute atomic E-state index is 0.0666. The minimum Gasteiger partial charge on any atom is -0.495 e. The maximum absolute atomic E-state index is 10.8. The maximum atomic E-state index is 10.8. The van der Waals surface area contributed by atoms with Crippen molar-refractivity contribution in [3.8, 4) is 5.75 Å². The predicted octanol–water partition coefficient (Wildman–Crippen LogP) is 3.45. The summed E-state index contributed by atoms with van der Waals surface area (Å²) in [5.41, 5.74) is 0.740. The van der Waals surface area contributed by atoms with Gasteiger partial charge in [0.1, 0.15) is 5.75 Å². The molecule has 0 saturated heterocycles. The zero-order valence-electron chi connectivity index (χ0n) is 11.3. The summed E-state index contributed by atoms with van der Waals surface area (Å²) in [6, 6.07) is 4.85. The van der Waals surface area contributed by atoms with Gasteiger partial charge in [-0.15, -0.1) is 0 Å². The van der Waals surface area contributed by atoms with Crippen molar-refractivity contribution >= 4 is 11.4 Å². The normalized spacial score (nSPS) is 12.3. The molecular formula is C13H20N2O3. The van der Waals surface area contributed by atoms with Gasteiger partial charge in [0, 0.05) is 18.2 Å². The standard InChI is InChI=1S/C13H20N2O3/c1-5-11(9(2)3)14-12-8-10(15(16)17)6-7-13(12)18-4/h6-9,11,14H,5H2,1-4H3. The van der Waals surface area contributed by atoms with Crippen molar-refractivity contribution < 1.29 is 9.66 Å². The van der Waals surface area contributed by atoms with Crippen LogP contribution in [0.25, 0.3) is 0 Å². The molecule has 1 atom stereocenters. The van der Waals surface area contributed by atoms with E-state index in [2.05, 4.69) is 26.1 Å². The van der Waals surface area contributed by atoms with Crippen LogP contribution in [0.4, 0.5) is 11.4 Å². The van der Waals surface area contributed by atoms with Crippen LogP contribution in [0.15, 0.2) is 18.2 Å². The van der Waals surface area contributed by atoms with Crippen molar-refractivity contribution in [2.45, 2.75) is 33.2 Å². The van der Waals surface area contributed by atoms with Crippen LogP contribution in [-0.4, -0.2) is 18.1 Å². The number of anilines is 1. The number of benzene rings is 1. The Labute approximate surface area is 107 Å². The molecule has 0 aliphatic heterocycles. The fourth-order valence-corrected chi connectivity index (χ4v) is 1.86. The number of nitro benzene ring substituents is 1. The number of non-ortho nitro benzene ring substituents is 1. The second-order valence-electron chi connectivity index (χ2n) is 4.54. The summed E-state index contributed by atoms with van der Waals surface area (Å²) < 4.78 is 5.22. The van der Waals surface area contributed by atoms with Crippen LogP contribution in [0.1, 0.15) is 27.2 Å². The molecule has 1 rings (SSSR count). The Morgan fingerprint density at radius 1 is 1.44 bits per heavy atom. The second-order valence-corrected chi connectivity index (χ2v) is 4.54. The van der Waals surface area contributed by atoms with Gasteiger partial charge in [-0.1, -0.05) is 20.8 Å². The van der Waals surface area contributed by atoms with Crippen LogP contribution in [0.2, 0.25) is 0 Å². The zero-order valence-corrected chi connectivity index (χ0v) is 11.3. The lowest BCUT2D eigenvalue weighted by Crippen LogP contribution is -2.24. The fraction of sp³-hybridized carbons (Fsp3) is 0.538. The lowest BCUT2D eigenvalue weighted by Gasteiger charge is -2.23. The third kappa shape index (κ3) is 3.35. The molecule has 1 aromatic carbocycles. The quantitative estimate of drug-likeness (QED) is 0.622. The summed E-state index contributed by atoms with van der Waals surface area (Å²) in [6.07, 6.45) is 0.948. The number of hydrogen-bond donors (Lipinski definition) is 1. The van der Waals surface area contributed by atoms with E-state index in [9.17, 15) is 10.1 Å². The lowest BCUT2D eigenvalue weighted by atomic mass is 10.0. The van der Waals surface area contributed by atoms with E-state index in [1.807, 2.05) is 0 Å². The van der Waals surface area contributed by atoms with Gasteiger partial charge in [-0.3, -0.25) is 10.1 Å². The summed E-state index contributed by atoms with van der Waals surface area (Å²) in [5, 5.41) is 14.1. The number of nitrogens with zero attached hydrogens (tertiary/aromatic N) is 1. The van der Waals surface area contributed by atoms with Gasteiger partial charge in [-0.05, 0) is 18.4 Å². The lowest BCUT2D eigenvalue weighted by molar-refractivity contribution is -0.384. The van der Waals surface area contributed by atoms with Crippen molar-refractivity contribution in [2.24, 2.45) is 5.92 Å². The van der Waals surface area contributed by atoms with Gasteiger partial charge in [0.25, 0.3) is 5.69 Å². The van der Waals surface area contributed by atoms with Gasteiger partial charge in [0.2, 0.25) is 0 Å². The molecule has 0 saturated carbocycles. The molecule has 100 valence electrons. The highest BCUT2D eigenvalue weighted by atomic mass is 16.6. The third-order valence-electron chi connectivity index (χ3n) is 2.98. The summed E-state index contributed by atoms with van der Waals surface area (Å²) in [4.78, 5) is 10.4. The van der Waals surface area contributed by atoms with E-state index >= 15 is 0 Å². The van der Waals surface area contributed by atoms with Crippen molar-refractivity contribution in [3.63, 3.8) is 0 Å². The average molecular weight is 252 g/mol. The van der Waals surface area contributed by atoms with Crippen molar-refractivity contribution in [3.05, 3.63) is 28.3 Å². The van der Waals surface area contributed by atoms with E-state index in [0.717, 1.165) is 6.42 Å². The number of nitrogens with one attached hydrogen (secondary N) is 1. The number of nitro groups is 1. The first kappa shape index (κ1) is 14.3. The van der Waals surface area contributed by atoms with Gasteiger partial charge < -0.3 is 10.1 Å². The summed E-state index contributed by atoms with van der Waals surface area (Å²) in [7, 11) is 1.56. The largest absolute Gasteiger partial charge is 0.495 e. The molecule has 0 aliphatic carbocycles. The van der Waals surface area contributed by atoms with Crippen molar-refractivity contribution in [1.82, 2.24) is 0 Å². The minimum atomic E-state index is -0.402. The molecule has 0 bridgehead atoms. The fourth-order valence-electron chi connectivity index (χ4n) is 1.86. The highest BCUT2D eigenvalue weighted by Crippen LogP contribution is 2.30. The first-order valence-corrected chi connectivity index (χ1v) is 6.08. The molecule has 5 heteroatoms. The maximum Gasteiger partial charge on any atom is 0.271 e. The van der Waals surface area contributed by atoms with Gasteiger partial charge >= 0.3 is 0 Å². The van der Waals surface area contributed by atoms with Gasteiger partial charge in [0.05, 0.1) is 17.7 Å². The first-order chi connectivity index (χ1) is 8.49. The molecule has 1 N–H and O–H groups in total. The number of hydrogen-bond acceptors (Lipinski definition) is 4. The Bertz CT molecular complexity index is 419. The second kappa shape index (κ2) is 6.23. The number of methoxy groups -OCH3 is 1. The first-order valence-electron chi connectivity index (χ1n) is 6.08. The molecule has 0 aromatic heterocycles. The monoisotopic (exact) mass is 252 g/mol. The molecule has 0 radical (unpaired) electrons. The van der Waals surface area contributed by atoms with E-state index in [0.29, 0.717) is 17.4 Å². The Hall–Kier alpha value is -1.78. The molecule has 5 nitrogen and oxygen atoms in total. The number of rotatable bonds is 6. The third-order valence-corrected chi connectivity index (χ3v) is 2.98. The molecule has 1 aromatic rings. The van der Waals surface area contributed by atoms with Crippen molar-refractivity contribution in [1.29, 1.82) is 0 Å². The van der Waals surface area contributed by atoms with Gasteiger partial charge in [-0.2, -0.15) is 0 Å². The topological polar surface area (TPSA) is 64.4 Å². The van der Waals surface area contributed by atoms with Crippen LogP contribution < -0.4 is 10.1 Å². The number of ether oxygens (including phenoxy) is 1. The Morgan fingerprint density at radius 3 is 2.56 bits per heavy atom. The Morgan fingerprint density at radius 2 is 2.11 bits per heavy atom. The van der Waals surface area contributed by atoms with Crippen LogP contribution >= 0.6 is 0 Å². The Balaban J connectivity index is 3.04. The van der Waals surface area contributed by atoms with E-state index in [4.69, 9.17) is 4.74 Å². The zero-order chi connectivity index (χ0) is 13.7. The SMILES string of the molecule is CCC(Nc1cc([N+](=O)[O-])ccc1OC)C(C)C. The molecule has 0 spiro atoms. The molecule has 1 unspecified atom stereocenters. The smallest absolute Gasteiger partial charge is 0.271 e. The molecule has 0 heterocycles. The molecule has 0 aliphatic rings. The summed E-state index contributed by atoms with van der Waals surface area (Å²) >= 11 is 0. The van der Waals surface area contributed by atoms with Crippen LogP contribution in [0.5, 0.6) is 5.75 Å². The Kier molecular flexibility index (Phi) is 4.95. The average Bonchev–Trinajstić information content (AvgIpc) is 2.35. The van der Waals surface area contributed by atoms with Crippen LogP contribution in [0.3, 0.4) is 0 Å². The molecule has 18 heavy (non-hydrogen) atoms. The highest BCUT2D eigenvalue weighted by Gasteiger charge is 2.16. The highest BCUT2D eigenvalue weighted by molar-refractivity contribution is 5.62. The van der Waals surface area contributed by atoms with Crippen molar-refractivity contribution in [2.75, 3.05) is 12.4 Å². The molecular weight excluding hydrogens is 232 g/mol. The molecule has 0 fully saturated rings. The van der Waals surface area contributed by atoms with Crippen LogP contribution in [0, 0.1) is 16.0 Å². The van der Waals surface area contributed by atoms with E-state index < -0.39 is 4.92 Å². The molecule has 0 amide bonds. The van der Waals surface area contributed by atoms with Crippen LogP contribution in [-0.2, 0) is 0 Å². The van der Waals surface area contributed by atoms with E-state index in [1.54, 1.807) is 13.2 Å². The van der Waals surface area contributed by atoms with Gasteiger partial charge in [0.15, 0.2) is 0 Å². The summed E-state index contributed by atoms with van der Waals surface area (Å²) in [6.45, 7) is 6.32. The van der Waals surface area contributed by atoms with Gasteiger partial charge in [-0.25, -0.2) is 0 Å². The van der Waals surface area contributed by atoms with E-state index in [-0.39, 0.29) is 11.7 Å².